The number of hydrogen-bond acceptors (Lipinski definition) is 3. The molecule has 0 spiro atoms. The van der Waals surface area contributed by atoms with Crippen molar-refractivity contribution in [2.75, 3.05) is 25.0 Å². The number of nitrogens with zero attached hydrogens (tertiary/aromatic N) is 1. The first-order chi connectivity index (χ1) is 12.2. The molecule has 1 aliphatic rings. The van der Waals surface area contributed by atoms with Crippen LogP contribution in [0, 0.1) is 5.92 Å². The Labute approximate surface area is 148 Å². The summed E-state index contributed by atoms with van der Waals surface area (Å²) in [6.07, 6.45) is -3.86. The first kappa shape index (κ1) is 19.7. The summed E-state index contributed by atoms with van der Waals surface area (Å²) in [5.74, 6) is -2.48. The van der Waals surface area contributed by atoms with Gasteiger partial charge >= 0.3 is 12.1 Å². The van der Waals surface area contributed by atoms with Gasteiger partial charge in [-0.3, -0.25) is 14.4 Å². The Morgan fingerprint density at radius 2 is 1.85 bits per heavy atom. The van der Waals surface area contributed by atoms with Crippen LogP contribution in [0.1, 0.15) is 30.1 Å². The third kappa shape index (κ3) is 5.47. The Kier molecular flexibility index (Phi) is 6.23. The highest BCUT2D eigenvalue weighted by Gasteiger charge is 2.38. The molecule has 2 N–H and O–H groups in total. The van der Waals surface area contributed by atoms with Crippen molar-refractivity contribution in [2.24, 2.45) is 5.92 Å². The summed E-state index contributed by atoms with van der Waals surface area (Å²) < 4.78 is 36.5. The third-order valence-corrected chi connectivity index (χ3v) is 4.14. The van der Waals surface area contributed by atoms with Gasteiger partial charge in [-0.15, -0.1) is 0 Å². The summed E-state index contributed by atoms with van der Waals surface area (Å²) in [5.41, 5.74) is 0.952. The van der Waals surface area contributed by atoms with E-state index >= 15 is 0 Å². The van der Waals surface area contributed by atoms with E-state index in [9.17, 15) is 27.6 Å². The molecule has 1 aromatic rings. The molecule has 0 saturated carbocycles. The Balaban J connectivity index is 1.86. The number of piperidine rings is 1. The van der Waals surface area contributed by atoms with E-state index in [2.05, 4.69) is 5.32 Å². The second-order valence-electron chi connectivity index (χ2n) is 6.21. The molecule has 2 rings (SSSR count). The van der Waals surface area contributed by atoms with Crippen LogP contribution in [0.2, 0.25) is 0 Å². The molecule has 0 unspecified atom stereocenters. The Morgan fingerprint density at radius 1 is 1.19 bits per heavy atom. The van der Waals surface area contributed by atoms with E-state index in [1.54, 1.807) is 29.2 Å². The van der Waals surface area contributed by atoms with Gasteiger partial charge in [0.15, 0.2) is 0 Å². The van der Waals surface area contributed by atoms with Gasteiger partial charge in [-0.25, -0.2) is 0 Å². The van der Waals surface area contributed by atoms with E-state index < -0.39 is 12.1 Å². The van der Waals surface area contributed by atoms with E-state index in [0.29, 0.717) is 37.2 Å². The monoisotopic (exact) mass is 371 g/mol. The number of rotatable bonds is 4. The van der Waals surface area contributed by atoms with Crippen molar-refractivity contribution >= 4 is 23.4 Å². The average Bonchev–Trinajstić information content (AvgIpc) is 2.58. The second-order valence-corrected chi connectivity index (χ2v) is 6.21. The van der Waals surface area contributed by atoms with Crippen LogP contribution in [0.25, 0.3) is 0 Å². The lowest BCUT2D eigenvalue weighted by molar-refractivity contribution is -0.173. The first-order valence-corrected chi connectivity index (χ1v) is 8.19. The van der Waals surface area contributed by atoms with Crippen LogP contribution in [-0.2, 0) is 9.59 Å². The standard InChI is InChI=1S/C17H20F3N3O3/c1-11(24)22-14-4-2-3-13(9-14)15(25)23-7-5-12(6-8-23)10-21-16(26)17(18,19)20/h2-4,9,12H,5-8,10H2,1H3,(H,21,26)(H,22,24). The molecule has 3 amide bonds. The highest BCUT2D eigenvalue weighted by Crippen LogP contribution is 2.21. The Morgan fingerprint density at radius 3 is 2.42 bits per heavy atom. The maximum atomic E-state index is 12.5. The zero-order chi connectivity index (χ0) is 19.3. The normalized spacial score (nSPS) is 15.5. The summed E-state index contributed by atoms with van der Waals surface area (Å²) >= 11 is 0. The summed E-state index contributed by atoms with van der Waals surface area (Å²) in [4.78, 5) is 36.1. The van der Waals surface area contributed by atoms with Gasteiger partial charge in [0, 0.05) is 37.8 Å². The van der Waals surface area contributed by atoms with Crippen LogP contribution < -0.4 is 10.6 Å². The zero-order valence-corrected chi connectivity index (χ0v) is 14.2. The van der Waals surface area contributed by atoms with Crippen LogP contribution in [0.4, 0.5) is 18.9 Å². The molecule has 1 fully saturated rings. The van der Waals surface area contributed by atoms with Gasteiger partial charge in [-0.05, 0) is 37.0 Å². The highest BCUT2D eigenvalue weighted by atomic mass is 19.4. The van der Waals surface area contributed by atoms with E-state index in [1.165, 1.54) is 6.92 Å². The molecule has 1 heterocycles. The number of carbonyl (C=O) groups excluding carboxylic acids is 3. The van der Waals surface area contributed by atoms with Gasteiger partial charge in [0.25, 0.3) is 5.91 Å². The highest BCUT2D eigenvalue weighted by molar-refractivity contribution is 5.96. The van der Waals surface area contributed by atoms with E-state index in [1.807, 2.05) is 5.32 Å². The van der Waals surface area contributed by atoms with Crippen molar-refractivity contribution in [3.63, 3.8) is 0 Å². The minimum atomic E-state index is -4.88. The molecule has 142 valence electrons. The second kappa shape index (κ2) is 8.20. The number of anilines is 1. The van der Waals surface area contributed by atoms with Crippen molar-refractivity contribution in [1.82, 2.24) is 10.2 Å². The van der Waals surface area contributed by atoms with Crippen LogP contribution in [0.15, 0.2) is 24.3 Å². The smallest absolute Gasteiger partial charge is 0.348 e. The minimum Gasteiger partial charge on any atom is -0.348 e. The van der Waals surface area contributed by atoms with Crippen molar-refractivity contribution in [2.45, 2.75) is 25.9 Å². The Hall–Kier alpha value is -2.58. The fourth-order valence-electron chi connectivity index (χ4n) is 2.79. The number of halogens is 3. The summed E-state index contributed by atoms with van der Waals surface area (Å²) in [5, 5.41) is 4.49. The summed E-state index contributed by atoms with van der Waals surface area (Å²) in [7, 11) is 0. The van der Waals surface area contributed by atoms with Crippen LogP contribution in [0.5, 0.6) is 0 Å². The maximum absolute atomic E-state index is 12.5. The molecular weight excluding hydrogens is 351 g/mol. The van der Waals surface area contributed by atoms with Gasteiger partial charge < -0.3 is 15.5 Å². The molecule has 0 bridgehead atoms. The molecule has 0 atom stereocenters. The van der Waals surface area contributed by atoms with Crippen molar-refractivity contribution in [1.29, 1.82) is 0 Å². The molecule has 1 aliphatic heterocycles. The number of nitrogens with one attached hydrogen (secondary N) is 2. The first-order valence-electron chi connectivity index (χ1n) is 8.19. The predicted molar refractivity (Wildman–Crippen MR) is 88.4 cm³/mol. The molecule has 6 nitrogen and oxygen atoms in total. The molecule has 0 radical (unpaired) electrons. The number of hydrogen-bond donors (Lipinski definition) is 2. The predicted octanol–water partition coefficient (Wildman–Crippen LogP) is 2.18. The number of carbonyl (C=O) groups is 3. The molecule has 1 aromatic carbocycles. The van der Waals surface area contributed by atoms with Crippen molar-refractivity contribution in [3.05, 3.63) is 29.8 Å². The summed E-state index contributed by atoms with van der Waals surface area (Å²) in [6.45, 7) is 2.11. The molecular formula is C17H20F3N3O3. The minimum absolute atomic E-state index is 0.0572. The number of benzene rings is 1. The van der Waals surface area contributed by atoms with Crippen LogP contribution >= 0.6 is 0 Å². The molecule has 0 aromatic heterocycles. The average molecular weight is 371 g/mol. The zero-order valence-electron chi connectivity index (χ0n) is 14.2. The maximum Gasteiger partial charge on any atom is 0.471 e. The van der Waals surface area contributed by atoms with E-state index in [0.717, 1.165) is 0 Å². The fourth-order valence-corrected chi connectivity index (χ4v) is 2.79. The molecule has 1 saturated heterocycles. The van der Waals surface area contributed by atoms with Gasteiger partial charge in [-0.2, -0.15) is 13.2 Å². The largest absolute Gasteiger partial charge is 0.471 e. The lowest BCUT2D eigenvalue weighted by Gasteiger charge is -2.32. The quantitative estimate of drug-likeness (QED) is 0.852. The topological polar surface area (TPSA) is 78.5 Å². The SMILES string of the molecule is CC(=O)Nc1cccc(C(=O)N2CCC(CNC(=O)C(F)(F)F)CC2)c1. The molecule has 0 aliphatic carbocycles. The lowest BCUT2D eigenvalue weighted by atomic mass is 9.96. The molecule has 26 heavy (non-hydrogen) atoms. The number of alkyl halides is 3. The van der Waals surface area contributed by atoms with Gasteiger partial charge in [0.1, 0.15) is 0 Å². The Bertz CT molecular complexity index is 683. The van der Waals surface area contributed by atoms with Crippen LogP contribution in [-0.4, -0.2) is 48.4 Å². The molecule has 9 heteroatoms. The van der Waals surface area contributed by atoms with Gasteiger partial charge in [-0.1, -0.05) is 6.07 Å². The number of amides is 3. The van der Waals surface area contributed by atoms with Crippen LogP contribution in [0.3, 0.4) is 0 Å². The fraction of sp³-hybridized carbons (Fsp3) is 0.471. The lowest BCUT2D eigenvalue weighted by Crippen LogP contribution is -2.44. The number of likely N-dealkylation sites (tertiary alicyclic amines) is 1. The third-order valence-electron chi connectivity index (χ3n) is 4.14. The van der Waals surface area contributed by atoms with Crippen molar-refractivity contribution in [3.8, 4) is 0 Å². The van der Waals surface area contributed by atoms with Gasteiger partial charge in [0.2, 0.25) is 5.91 Å². The van der Waals surface area contributed by atoms with E-state index in [4.69, 9.17) is 0 Å². The van der Waals surface area contributed by atoms with E-state index in [-0.39, 0.29) is 24.3 Å². The van der Waals surface area contributed by atoms with Crippen molar-refractivity contribution < 1.29 is 27.6 Å². The summed E-state index contributed by atoms with van der Waals surface area (Å²) in [6, 6.07) is 6.56. The van der Waals surface area contributed by atoms with Gasteiger partial charge in [0.05, 0.1) is 0 Å².